The summed E-state index contributed by atoms with van der Waals surface area (Å²) in [6, 6.07) is 45.0. The monoisotopic (exact) mass is 511 g/mol. The summed E-state index contributed by atoms with van der Waals surface area (Å²) in [6.45, 7) is 0. The molecule has 1 aliphatic heterocycles. The van der Waals surface area contributed by atoms with E-state index in [0.717, 1.165) is 33.0 Å². The summed E-state index contributed by atoms with van der Waals surface area (Å²) in [5, 5.41) is 1.55. The second kappa shape index (κ2) is 10.1. The molecule has 4 heteroatoms. The van der Waals surface area contributed by atoms with Gasteiger partial charge >= 0.3 is 0 Å². The van der Waals surface area contributed by atoms with Crippen LogP contribution in [-0.4, -0.2) is 5.78 Å². The Morgan fingerprint density at radius 1 is 0.605 bits per heavy atom. The van der Waals surface area contributed by atoms with Crippen LogP contribution in [0.5, 0.6) is 0 Å². The summed E-state index contributed by atoms with van der Waals surface area (Å²) in [6.07, 6.45) is 3.40. The molecule has 0 saturated heterocycles. The Morgan fingerprint density at radius 3 is 1.74 bits per heavy atom. The Balaban J connectivity index is 1.61. The van der Waals surface area contributed by atoms with Crippen molar-refractivity contribution in [3.63, 3.8) is 0 Å². The van der Waals surface area contributed by atoms with Crippen molar-refractivity contribution in [1.82, 2.24) is 0 Å². The van der Waals surface area contributed by atoms with Crippen molar-refractivity contribution >= 4 is 29.2 Å². The van der Waals surface area contributed by atoms with Crippen molar-refractivity contribution in [2.24, 2.45) is 0 Å². The van der Waals surface area contributed by atoms with Crippen LogP contribution in [0.3, 0.4) is 0 Å². The highest BCUT2D eigenvalue weighted by molar-refractivity contribution is 7.79. The van der Waals surface area contributed by atoms with Gasteiger partial charge in [0.15, 0.2) is 12.9 Å². The van der Waals surface area contributed by atoms with Crippen molar-refractivity contribution in [2.45, 2.75) is 5.78 Å². The number of ketones is 1. The second-order valence-electron chi connectivity index (χ2n) is 9.26. The van der Waals surface area contributed by atoms with Crippen molar-refractivity contribution in [3.05, 3.63) is 163 Å². The SMILES string of the molecule is O=C(/C=C/N1c2ccccc2-c2ccccc2C1P(=O)(c1ccccc1)c1ccccc1)c1ccccc1. The Morgan fingerprint density at radius 2 is 1.11 bits per heavy atom. The summed E-state index contributed by atoms with van der Waals surface area (Å²) < 4.78 is 15.7. The zero-order valence-electron chi connectivity index (χ0n) is 20.7. The molecule has 0 bridgehead atoms. The average Bonchev–Trinajstić information content (AvgIpc) is 3.00. The molecule has 5 aromatic rings. The predicted octanol–water partition coefficient (Wildman–Crippen LogP) is 7.58. The summed E-state index contributed by atoms with van der Waals surface area (Å²) in [4.78, 5) is 15.2. The predicted molar refractivity (Wildman–Crippen MR) is 157 cm³/mol. The first-order valence-corrected chi connectivity index (χ1v) is 14.4. The van der Waals surface area contributed by atoms with Gasteiger partial charge in [-0.05, 0) is 17.2 Å². The van der Waals surface area contributed by atoms with Gasteiger partial charge in [-0.2, -0.15) is 0 Å². The van der Waals surface area contributed by atoms with Crippen LogP contribution in [0, 0.1) is 0 Å². The van der Waals surface area contributed by atoms with Gasteiger partial charge in [-0.25, -0.2) is 0 Å². The maximum Gasteiger partial charge on any atom is 0.187 e. The van der Waals surface area contributed by atoms with E-state index in [2.05, 4.69) is 18.2 Å². The number of anilines is 1. The van der Waals surface area contributed by atoms with Gasteiger partial charge in [-0.1, -0.05) is 133 Å². The molecule has 38 heavy (non-hydrogen) atoms. The van der Waals surface area contributed by atoms with Crippen LogP contribution in [0.2, 0.25) is 0 Å². The van der Waals surface area contributed by atoms with Gasteiger partial charge in [0, 0.05) is 39.7 Å². The zero-order valence-corrected chi connectivity index (χ0v) is 21.6. The zero-order chi connectivity index (χ0) is 26.0. The molecule has 1 aliphatic rings. The van der Waals surface area contributed by atoms with E-state index >= 15 is 4.57 Å². The molecular formula is C34H26NO2P. The number of carbonyl (C=O) groups is 1. The smallest absolute Gasteiger partial charge is 0.187 e. The lowest BCUT2D eigenvalue weighted by Gasteiger charge is -2.42. The minimum Gasteiger partial charge on any atom is -0.332 e. The number of fused-ring (bicyclic) bond motifs is 3. The maximum absolute atomic E-state index is 15.7. The Bertz CT molecular complexity index is 1620. The first kappa shape index (κ1) is 23.9. The molecule has 0 spiro atoms. The Hall–Kier alpha value is -4.46. The summed E-state index contributed by atoms with van der Waals surface area (Å²) in [7, 11) is -3.31. The summed E-state index contributed by atoms with van der Waals surface area (Å²) in [5.41, 5.74) is 4.60. The van der Waals surface area contributed by atoms with Gasteiger partial charge in [0.25, 0.3) is 0 Å². The molecule has 184 valence electrons. The van der Waals surface area contributed by atoms with Crippen LogP contribution in [0.15, 0.2) is 152 Å². The molecule has 5 aromatic carbocycles. The molecule has 0 aromatic heterocycles. The Labute approximate surface area is 223 Å². The van der Waals surface area contributed by atoms with Crippen LogP contribution < -0.4 is 15.5 Å². The topological polar surface area (TPSA) is 37.4 Å². The normalized spacial score (nSPS) is 14.6. The second-order valence-corrected chi connectivity index (χ2v) is 12.1. The molecule has 0 N–H and O–H groups in total. The lowest BCUT2D eigenvalue weighted by molar-refractivity contribution is 0.104. The van der Waals surface area contributed by atoms with Crippen LogP contribution in [-0.2, 0) is 4.57 Å². The van der Waals surface area contributed by atoms with E-state index in [4.69, 9.17) is 0 Å². The first-order chi connectivity index (χ1) is 18.7. The van der Waals surface area contributed by atoms with Crippen molar-refractivity contribution in [1.29, 1.82) is 0 Å². The van der Waals surface area contributed by atoms with Crippen molar-refractivity contribution in [3.8, 4) is 11.1 Å². The largest absolute Gasteiger partial charge is 0.332 e. The molecule has 3 nitrogen and oxygen atoms in total. The molecule has 1 heterocycles. The quantitative estimate of drug-likeness (QED) is 0.134. The number of hydrogen-bond donors (Lipinski definition) is 0. The number of benzene rings is 5. The van der Waals surface area contributed by atoms with E-state index < -0.39 is 12.9 Å². The fourth-order valence-electron chi connectivity index (χ4n) is 5.29. The minimum atomic E-state index is -3.31. The van der Waals surface area contributed by atoms with E-state index in [-0.39, 0.29) is 5.78 Å². The third-order valence-corrected chi connectivity index (χ3v) is 10.4. The number of rotatable bonds is 6. The van der Waals surface area contributed by atoms with Crippen molar-refractivity contribution < 1.29 is 9.36 Å². The molecule has 0 aliphatic carbocycles. The Kier molecular flexibility index (Phi) is 6.37. The molecule has 0 saturated carbocycles. The fraction of sp³-hybridized carbons (Fsp3) is 0.0294. The van der Waals surface area contributed by atoms with Gasteiger partial charge in [0.1, 0.15) is 5.78 Å². The highest BCUT2D eigenvalue weighted by Crippen LogP contribution is 2.63. The third kappa shape index (κ3) is 4.12. The van der Waals surface area contributed by atoms with E-state index in [9.17, 15) is 4.79 Å². The lowest BCUT2D eigenvalue weighted by Crippen LogP contribution is -2.34. The van der Waals surface area contributed by atoms with Crippen LogP contribution >= 0.6 is 7.14 Å². The molecular weight excluding hydrogens is 485 g/mol. The number of hydrogen-bond acceptors (Lipinski definition) is 3. The molecule has 0 radical (unpaired) electrons. The number of nitrogens with zero attached hydrogens (tertiary/aromatic N) is 1. The first-order valence-electron chi connectivity index (χ1n) is 12.6. The number of allylic oxidation sites excluding steroid dienone is 1. The van der Waals surface area contributed by atoms with Gasteiger partial charge in [0.2, 0.25) is 0 Å². The van der Waals surface area contributed by atoms with Crippen LogP contribution in [0.25, 0.3) is 11.1 Å². The maximum atomic E-state index is 15.7. The molecule has 1 atom stereocenters. The van der Waals surface area contributed by atoms with E-state index in [0.29, 0.717) is 5.56 Å². The van der Waals surface area contributed by atoms with E-state index in [1.54, 1.807) is 6.08 Å². The van der Waals surface area contributed by atoms with Crippen LogP contribution in [0.1, 0.15) is 21.7 Å². The van der Waals surface area contributed by atoms with Crippen LogP contribution in [0.4, 0.5) is 5.69 Å². The van der Waals surface area contributed by atoms with E-state index in [1.807, 2.05) is 132 Å². The summed E-state index contributed by atoms with van der Waals surface area (Å²) in [5.74, 6) is -0.645. The minimum absolute atomic E-state index is 0.102. The number of carbonyl (C=O) groups excluding carboxylic acids is 1. The summed E-state index contributed by atoms with van der Waals surface area (Å²) >= 11 is 0. The van der Waals surface area contributed by atoms with Gasteiger partial charge in [-0.3, -0.25) is 4.79 Å². The lowest BCUT2D eigenvalue weighted by atomic mass is 9.93. The molecule has 6 rings (SSSR count). The molecule has 1 unspecified atom stereocenters. The molecule has 0 fully saturated rings. The fourth-order valence-corrected chi connectivity index (χ4v) is 8.55. The van der Waals surface area contributed by atoms with Gasteiger partial charge in [0.05, 0.1) is 0 Å². The van der Waals surface area contributed by atoms with Gasteiger partial charge < -0.3 is 9.46 Å². The average molecular weight is 512 g/mol. The molecule has 0 amide bonds. The third-order valence-electron chi connectivity index (χ3n) is 7.04. The van der Waals surface area contributed by atoms with E-state index in [1.165, 1.54) is 0 Å². The standard InChI is InChI=1S/C34H26NO2P/c36-33(26-14-4-1-5-15-26)24-25-35-32-23-13-12-21-30(32)29-20-10-11-22-31(29)34(35)38(37,27-16-6-2-7-17-27)28-18-8-3-9-19-28/h1-25,34H/b25-24+. The van der Waals surface area contributed by atoms with Gasteiger partial charge in [-0.15, -0.1) is 0 Å². The highest BCUT2D eigenvalue weighted by Gasteiger charge is 2.44. The number of para-hydroxylation sites is 1. The highest BCUT2D eigenvalue weighted by atomic mass is 31.2. The van der Waals surface area contributed by atoms with Crippen molar-refractivity contribution in [2.75, 3.05) is 4.90 Å².